The highest BCUT2D eigenvalue weighted by Crippen LogP contribution is 2.21. The minimum Gasteiger partial charge on any atom is -0.346 e. The van der Waals surface area contributed by atoms with E-state index in [-0.39, 0.29) is 11.7 Å². The van der Waals surface area contributed by atoms with Gasteiger partial charge in [-0.1, -0.05) is 24.3 Å². The molecule has 0 fully saturated rings. The zero-order valence-corrected chi connectivity index (χ0v) is 14.5. The molecule has 0 radical (unpaired) electrons. The van der Waals surface area contributed by atoms with Crippen LogP contribution in [0.25, 0.3) is 11.3 Å². The van der Waals surface area contributed by atoms with Crippen LogP contribution >= 0.6 is 0 Å². The lowest BCUT2D eigenvalue weighted by molar-refractivity contribution is -0.130. The molecule has 1 aliphatic carbocycles. The Bertz CT molecular complexity index is 753. The lowest BCUT2D eigenvalue weighted by Gasteiger charge is -2.18. The first kappa shape index (κ1) is 17.4. The maximum Gasteiger partial charge on any atom is 0.222 e. The van der Waals surface area contributed by atoms with Crippen molar-refractivity contribution in [1.29, 1.82) is 0 Å². The number of aryl methyl sites for hydroxylation is 1. The van der Waals surface area contributed by atoms with Crippen molar-refractivity contribution in [2.24, 2.45) is 5.92 Å². The molecule has 0 aliphatic heterocycles. The Labute approximate surface area is 147 Å². The smallest absolute Gasteiger partial charge is 0.222 e. The summed E-state index contributed by atoms with van der Waals surface area (Å²) in [5.74, 6) is 0.359. The van der Waals surface area contributed by atoms with E-state index in [2.05, 4.69) is 22.3 Å². The Morgan fingerprint density at radius 2 is 2.28 bits per heavy atom. The van der Waals surface area contributed by atoms with Gasteiger partial charge in [0.2, 0.25) is 5.91 Å². The average molecular weight is 341 g/mol. The predicted molar refractivity (Wildman–Crippen MR) is 96.4 cm³/mol. The molecular weight excluding hydrogens is 317 g/mol. The van der Waals surface area contributed by atoms with Gasteiger partial charge in [0.05, 0.1) is 5.69 Å². The number of H-pyrrole nitrogens is 1. The number of nitrogens with zero attached hydrogens (tertiary/aromatic N) is 2. The van der Waals surface area contributed by atoms with Crippen molar-refractivity contribution >= 4 is 5.91 Å². The maximum absolute atomic E-state index is 13.3. The predicted octanol–water partition coefficient (Wildman–Crippen LogP) is 3.96. The third-order valence-corrected chi connectivity index (χ3v) is 4.67. The molecular formula is C20H24FN3O. The number of hydrogen-bond donors (Lipinski definition) is 1. The summed E-state index contributed by atoms with van der Waals surface area (Å²) < 4.78 is 13.3. The van der Waals surface area contributed by atoms with Crippen LogP contribution < -0.4 is 0 Å². The van der Waals surface area contributed by atoms with Crippen LogP contribution in [0.15, 0.2) is 42.5 Å². The van der Waals surface area contributed by atoms with E-state index in [1.165, 1.54) is 12.1 Å². The number of hydrogen-bond acceptors (Lipinski definition) is 2. The summed E-state index contributed by atoms with van der Waals surface area (Å²) in [7, 11) is 1.87. The van der Waals surface area contributed by atoms with Gasteiger partial charge < -0.3 is 4.90 Å². The van der Waals surface area contributed by atoms with Crippen LogP contribution in [0.4, 0.5) is 4.39 Å². The molecule has 4 nitrogen and oxygen atoms in total. The number of rotatable bonds is 7. The SMILES string of the molecule is CN(CCCc1cc(-c2cccc(F)c2)n[nH]1)C(=O)CC1C=CCC1. The van der Waals surface area contributed by atoms with E-state index in [0.29, 0.717) is 12.3 Å². The van der Waals surface area contributed by atoms with Crippen molar-refractivity contribution in [3.05, 3.63) is 54.0 Å². The van der Waals surface area contributed by atoms with E-state index in [4.69, 9.17) is 0 Å². The molecule has 1 heterocycles. The van der Waals surface area contributed by atoms with E-state index in [1.54, 1.807) is 6.07 Å². The second-order valence-electron chi connectivity index (χ2n) is 6.68. The zero-order valence-electron chi connectivity index (χ0n) is 14.5. The number of amides is 1. The van der Waals surface area contributed by atoms with Crippen LogP contribution in [0.5, 0.6) is 0 Å². The van der Waals surface area contributed by atoms with Crippen molar-refractivity contribution in [2.45, 2.75) is 32.1 Å². The maximum atomic E-state index is 13.3. The van der Waals surface area contributed by atoms with Crippen LogP contribution in [-0.4, -0.2) is 34.6 Å². The molecule has 1 N–H and O–H groups in total. The Kier molecular flexibility index (Phi) is 5.64. The topological polar surface area (TPSA) is 49.0 Å². The lowest BCUT2D eigenvalue weighted by Crippen LogP contribution is -2.29. The lowest BCUT2D eigenvalue weighted by atomic mass is 10.0. The molecule has 1 aromatic heterocycles. The van der Waals surface area contributed by atoms with Gasteiger partial charge in [-0.05, 0) is 49.8 Å². The minimum absolute atomic E-state index is 0.210. The van der Waals surface area contributed by atoms with Gasteiger partial charge >= 0.3 is 0 Å². The van der Waals surface area contributed by atoms with Crippen LogP contribution in [0.2, 0.25) is 0 Å². The summed E-state index contributed by atoms with van der Waals surface area (Å²) in [5.41, 5.74) is 2.50. The second-order valence-corrected chi connectivity index (χ2v) is 6.68. The third kappa shape index (κ3) is 4.78. The number of benzene rings is 1. The van der Waals surface area contributed by atoms with Crippen molar-refractivity contribution in [1.82, 2.24) is 15.1 Å². The van der Waals surface area contributed by atoms with E-state index < -0.39 is 0 Å². The quantitative estimate of drug-likeness (QED) is 0.775. The van der Waals surface area contributed by atoms with Gasteiger partial charge in [0.25, 0.3) is 0 Å². The number of nitrogens with one attached hydrogen (secondary N) is 1. The van der Waals surface area contributed by atoms with Crippen LogP contribution in [-0.2, 0) is 11.2 Å². The fraction of sp³-hybridized carbons (Fsp3) is 0.400. The van der Waals surface area contributed by atoms with Gasteiger partial charge in [-0.2, -0.15) is 5.10 Å². The van der Waals surface area contributed by atoms with Crippen LogP contribution in [0.3, 0.4) is 0 Å². The molecule has 0 saturated carbocycles. The molecule has 2 aromatic rings. The monoisotopic (exact) mass is 341 g/mol. The number of aromatic nitrogens is 2. The average Bonchev–Trinajstić information content (AvgIpc) is 3.26. The molecule has 1 unspecified atom stereocenters. The summed E-state index contributed by atoms with van der Waals surface area (Å²) in [6, 6.07) is 8.36. The number of halogens is 1. The first-order chi connectivity index (χ1) is 12.1. The highest BCUT2D eigenvalue weighted by atomic mass is 19.1. The fourth-order valence-electron chi connectivity index (χ4n) is 3.16. The van der Waals surface area contributed by atoms with Gasteiger partial charge in [-0.15, -0.1) is 0 Å². The van der Waals surface area contributed by atoms with Gasteiger partial charge in [0.15, 0.2) is 0 Å². The summed E-state index contributed by atoms with van der Waals surface area (Å²) in [6.45, 7) is 0.726. The molecule has 1 atom stereocenters. The molecule has 0 saturated heterocycles. The number of carbonyl (C=O) groups is 1. The van der Waals surface area contributed by atoms with E-state index in [9.17, 15) is 9.18 Å². The van der Waals surface area contributed by atoms with E-state index >= 15 is 0 Å². The van der Waals surface area contributed by atoms with Gasteiger partial charge in [-0.3, -0.25) is 9.89 Å². The molecule has 3 rings (SSSR count). The first-order valence-electron chi connectivity index (χ1n) is 8.82. The highest BCUT2D eigenvalue weighted by molar-refractivity contribution is 5.76. The van der Waals surface area contributed by atoms with Gasteiger partial charge in [0.1, 0.15) is 5.82 Å². The molecule has 1 aliphatic rings. The molecule has 25 heavy (non-hydrogen) atoms. The Morgan fingerprint density at radius 3 is 3.04 bits per heavy atom. The van der Waals surface area contributed by atoms with Crippen molar-refractivity contribution in [2.75, 3.05) is 13.6 Å². The van der Waals surface area contributed by atoms with E-state index in [1.807, 2.05) is 24.1 Å². The van der Waals surface area contributed by atoms with Gasteiger partial charge in [-0.25, -0.2) is 4.39 Å². The Morgan fingerprint density at radius 1 is 1.40 bits per heavy atom. The first-order valence-corrected chi connectivity index (χ1v) is 8.82. The van der Waals surface area contributed by atoms with Crippen molar-refractivity contribution in [3.63, 3.8) is 0 Å². The number of carbonyl (C=O) groups excluding carboxylic acids is 1. The molecule has 0 spiro atoms. The van der Waals surface area contributed by atoms with Crippen molar-refractivity contribution < 1.29 is 9.18 Å². The minimum atomic E-state index is -0.265. The molecule has 0 bridgehead atoms. The van der Waals surface area contributed by atoms with Crippen LogP contribution in [0, 0.1) is 11.7 Å². The molecule has 1 amide bonds. The fourth-order valence-corrected chi connectivity index (χ4v) is 3.16. The third-order valence-electron chi connectivity index (χ3n) is 4.67. The standard InChI is InChI=1S/C20H24FN3O/c1-24(20(25)12-15-6-2-3-7-15)11-5-10-18-14-19(23-22-18)16-8-4-9-17(21)13-16/h2,4,6,8-9,13-15H,3,5,7,10-12H2,1H3,(H,22,23). The highest BCUT2D eigenvalue weighted by Gasteiger charge is 2.16. The summed E-state index contributed by atoms with van der Waals surface area (Å²) >= 11 is 0. The summed E-state index contributed by atoms with van der Waals surface area (Å²) in [5, 5.41) is 7.25. The van der Waals surface area contributed by atoms with Crippen molar-refractivity contribution in [3.8, 4) is 11.3 Å². The Balaban J connectivity index is 1.46. The molecule has 5 heteroatoms. The van der Waals surface area contributed by atoms with E-state index in [0.717, 1.165) is 49.2 Å². The number of allylic oxidation sites excluding steroid dienone is 2. The summed E-state index contributed by atoms with van der Waals surface area (Å²) in [6.07, 6.45) is 8.79. The second kappa shape index (κ2) is 8.10. The van der Waals surface area contributed by atoms with Gasteiger partial charge in [0, 0.05) is 31.3 Å². The molecule has 1 aromatic carbocycles. The molecule has 132 valence electrons. The Hall–Kier alpha value is -2.43. The number of aromatic amines is 1. The normalized spacial score (nSPS) is 16.3. The van der Waals surface area contributed by atoms with Crippen LogP contribution in [0.1, 0.15) is 31.4 Å². The largest absolute Gasteiger partial charge is 0.346 e. The zero-order chi connectivity index (χ0) is 17.6. The summed E-state index contributed by atoms with van der Waals surface area (Å²) in [4.78, 5) is 14.0.